The molecule has 24 heavy (non-hydrogen) atoms. The number of aliphatic imine (C=N–C) groups is 1. The number of amidine groups is 2. The van der Waals surface area contributed by atoms with Gasteiger partial charge in [0.25, 0.3) is 17.8 Å². The molecule has 3 rings (SSSR count). The van der Waals surface area contributed by atoms with Crippen LogP contribution in [0, 0.1) is 0 Å². The highest BCUT2D eigenvalue weighted by molar-refractivity contribution is 9.10. The zero-order valence-electron chi connectivity index (χ0n) is 12.9. The fraction of sp³-hybridized carbons (Fsp3) is 0.267. The molecule has 0 aromatic heterocycles. The van der Waals surface area contributed by atoms with Crippen molar-refractivity contribution in [3.8, 4) is 0 Å². The molecular weight excluding hydrogens is 400 g/mol. The van der Waals surface area contributed by atoms with Crippen LogP contribution in [0.25, 0.3) is 0 Å². The van der Waals surface area contributed by atoms with Crippen LogP contribution in [-0.2, 0) is 4.79 Å². The summed E-state index contributed by atoms with van der Waals surface area (Å²) in [4.78, 5) is 43.3. The SMILES string of the molecule is CN1C(=O)C2C(=NC(Cl)=[N+]2CC(=O)c2ccc(Br)cc2)N(C)C1=O. The zero-order chi connectivity index (χ0) is 17.6. The molecule has 0 spiro atoms. The van der Waals surface area contributed by atoms with E-state index in [2.05, 4.69) is 20.9 Å². The molecule has 2 heterocycles. The number of rotatable bonds is 3. The number of benzene rings is 1. The van der Waals surface area contributed by atoms with Crippen LogP contribution in [0.5, 0.6) is 0 Å². The molecule has 1 atom stereocenters. The van der Waals surface area contributed by atoms with Crippen molar-refractivity contribution in [2.24, 2.45) is 4.99 Å². The van der Waals surface area contributed by atoms with Crippen LogP contribution in [0.4, 0.5) is 4.79 Å². The van der Waals surface area contributed by atoms with Gasteiger partial charge in [0.05, 0.1) is 0 Å². The molecule has 0 N–H and O–H groups in total. The van der Waals surface area contributed by atoms with E-state index in [0.29, 0.717) is 5.56 Å². The molecule has 2 aliphatic rings. The normalized spacial score (nSPS) is 20.5. The molecule has 0 aliphatic carbocycles. The van der Waals surface area contributed by atoms with Gasteiger partial charge in [0.2, 0.25) is 5.78 Å². The van der Waals surface area contributed by atoms with Crippen molar-refractivity contribution < 1.29 is 19.0 Å². The van der Waals surface area contributed by atoms with Gasteiger partial charge in [0.15, 0.2) is 6.54 Å². The average molecular weight is 413 g/mol. The van der Waals surface area contributed by atoms with Crippen molar-refractivity contribution in [3.63, 3.8) is 0 Å². The van der Waals surface area contributed by atoms with Gasteiger partial charge in [-0.1, -0.05) is 28.1 Å². The number of urea groups is 1. The number of hydrogen-bond acceptors (Lipinski definition) is 4. The smallest absolute Gasteiger partial charge is 0.290 e. The number of amides is 3. The molecule has 1 saturated heterocycles. The predicted molar refractivity (Wildman–Crippen MR) is 91.6 cm³/mol. The Bertz CT molecular complexity index is 819. The Labute approximate surface area is 151 Å². The van der Waals surface area contributed by atoms with Crippen LogP contribution >= 0.6 is 27.5 Å². The summed E-state index contributed by atoms with van der Waals surface area (Å²) in [6.45, 7) is -0.111. The zero-order valence-corrected chi connectivity index (χ0v) is 15.2. The second-order valence-corrected chi connectivity index (χ2v) is 6.69. The van der Waals surface area contributed by atoms with Crippen LogP contribution < -0.4 is 0 Å². The third-order valence-electron chi connectivity index (χ3n) is 3.96. The van der Waals surface area contributed by atoms with Crippen LogP contribution in [0.3, 0.4) is 0 Å². The molecule has 1 aromatic rings. The van der Waals surface area contributed by atoms with E-state index in [1.807, 2.05) is 0 Å². The predicted octanol–water partition coefficient (Wildman–Crippen LogP) is 1.54. The lowest BCUT2D eigenvalue weighted by molar-refractivity contribution is -0.520. The molecule has 124 valence electrons. The van der Waals surface area contributed by atoms with Gasteiger partial charge in [0, 0.05) is 35.7 Å². The van der Waals surface area contributed by atoms with Gasteiger partial charge >= 0.3 is 11.3 Å². The molecule has 1 unspecified atom stereocenters. The summed E-state index contributed by atoms with van der Waals surface area (Å²) in [6, 6.07) is 5.53. The molecule has 2 aliphatic heterocycles. The minimum Gasteiger partial charge on any atom is -0.290 e. The van der Waals surface area contributed by atoms with Crippen molar-refractivity contribution >= 4 is 56.4 Å². The fourth-order valence-corrected chi connectivity index (χ4v) is 3.12. The van der Waals surface area contributed by atoms with E-state index in [1.54, 1.807) is 24.3 Å². The van der Waals surface area contributed by atoms with Gasteiger partial charge in [-0.25, -0.2) is 9.37 Å². The first-order valence-electron chi connectivity index (χ1n) is 7.03. The molecule has 0 radical (unpaired) electrons. The van der Waals surface area contributed by atoms with Gasteiger partial charge in [-0.2, -0.15) is 0 Å². The van der Waals surface area contributed by atoms with Crippen LogP contribution in [0.2, 0.25) is 0 Å². The lowest BCUT2D eigenvalue weighted by atomic mass is 10.1. The summed E-state index contributed by atoms with van der Waals surface area (Å²) < 4.78 is 2.27. The molecule has 0 saturated carbocycles. The van der Waals surface area contributed by atoms with Crippen LogP contribution in [0.15, 0.2) is 33.7 Å². The Balaban J connectivity index is 1.88. The molecule has 3 amide bonds. The van der Waals surface area contributed by atoms with E-state index < -0.39 is 18.0 Å². The summed E-state index contributed by atoms with van der Waals surface area (Å²) >= 11 is 9.43. The standard InChI is InChI=1S/C15H13BrClN4O3/c1-19-12-11(13(23)20(2)15(19)24)21(14(17)18-12)7-10(22)8-3-5-9(16)6-4-8/h3-6,11H,7H2,1-2H3/q+1. The topological polar surface area (TPSA) is 73.1 Å². The quantitative estimate of drug-likeness (QED) is 0.429. The highest BCUT2D eigenvalue weighted by Gasteiger charge is 2.53. The van der Waals surface area contributed by atoms with E-state index in [4.69, 9.17) is 11.6 Å². The second-order valence-electron chi connectivity index (χ2n) is 5.44. The number of halogens is 2. The summed E-state index contributed by atoms with van der Waals surface area (Å²) in [7, 11) is 2.90. The fourth-order valence-electron chi connectivity index (χ4n) is 2.61. The highest BCUT2D eigenvalue weighted by Crippen LogP contribution is 2.20. The summed E-state index contributed by atoms with van der Waals surface area (Å²) in [6.07, 6.45) is 0. The highest BCUT2D eigenvalue weighted by atomic mass is 79.9. The monoisotopic (exact) mass is 411 g/mol. The van der Waals surface area contributed by atoms with Crippen molar-refractivity contribution in [2.45, 2.75) is 6.04 Å². The van der Waals surface area contributed by atoms with Gasteiger partial charge in [-0.05, 0) is 17.1 Å². The first-order valence-corrected chi connectivity index (χ1v) is 8.20. The van der Waals surface area contributed by atoms with Crippen molar-refractivity contribution in [1.82, 2.24) is 9.80 Å². The second kappa shape index (κ2) is 6.10. The Morgan fingerprint density at radius 2 is 1.88 bits per heavy atom. The van der Waals surface area contributed by atoms with Gasteiger partial charge in [-0.3, -0.25) is 19.4 Å². The number of hydrogen-bond donors (Lipinski definition) is 0. The van der Waals surface area contributed by atoms with Crippen molar-refractivity contribution in [1.29, 1.82) is 0 Å². The molecule has 1 fully saturated rings. The number of carbonyl (C=O) groups excluding carboxylic acids is 3. The minimum atomic E-state index is -0.871. The maximum absolute atomic E-state index is 12.5. The first kappa shape index (κ1) is 16.8. The lowest BCUT2D eigenvalue weighted by Crippen LogP contribution is -2.61. The summed E-state index contributed by atoms with van der Waals surface area (Å²) in [5.74, 6) is -0.431. The van der Waals surface area contributed by atoms with E-state index in [0.717, 1.165) is 9.37 Å². The van der Waals surface area contributed by atoms with E-state index in [-0.39, 0.29) is 23.5 Å². The maximum atomic E-state index is 12.5. The van der Waals surface area contributed by atoms with E-state index in [9.17, 15) is 14.4 Å². The molecule has 0 bridgehead atoms. The van der Waals surface area contributed by atoms with Crippen LogP contribution in [-0.4, -0.2) is 69.9 Å². The Kier molecular flexibility index (Phi) is 4.27. The Morgan fingerprint density at radius 3 is 2.50 bits per heavy atom. The largest absolute Gasteiger partial charge is 0.394 e. The number of nitrogens with zero attached hydrogens (tertiary/aromatic N) is 4. The van der Waals surface area contributed by atoms with Gasteiger partial charge in [0.1, 0.15) is 0 Å². The van der Waals surface area contributed by atoms with Crippen molar-refractivity contribution in [2.75, 3.05) is 20.6 Å². The lowest BCUT2D eigenvalue weighted by Gasteiger charge is -2.30. The number of Topliss-reactive ketones (excluding diaryl/α,β-unsaturated/α-hetero) is 1. The summed E-state index contributed by atoms with van der Waals surface area (Å²) in [5.41, 5.74) is 0.497. The average Bonchev–Trinajstić information content (AvgIpc) is 2.88. The molecule has 9 heteroatoms. The Hall–Kier alpha value is -2.06. The van der Waals surface area contributed by atoms with Gasteiger partial charge < -0.3 is 0 Å². The van der Waals surface area contributed by atoms with Gasteiger partial charge in [-0.15, -0.1) is 0 Å². The first-order chi connectivity index (χ1) is 11.3. The third kappa shape index (κ3) is 2.65. The number of likely N-dealkylation sites (N-methyl/N-ethyl adjacent to an activating group) is 2. The molecular formula is C15H13BrClN4O3+. The number of carbonyl (C=O) groups is 3. The number of fused-ring (bicyclic) bond motifs is 1. The minimum absolute atomic E-state index is 0.0174. The summed E-state index contributed by atoms with van der Waals surface area (Å²) in [5, 5.41) is 0.0174. The third-order valence-corrected chi connectivity index (χ3v) is 4.79. The maximum Gasteiger partial charge on any atom is 0.394 e. The van der Waals surface area contributed by atoms with Crippen molar-refractivity contribution in [3.05, 3.63) is 34.3 Å². The number of imide groups is 1. The molecule has 7 nitrogen and oxygen atoms in total. The molecule has 1 aromatic carbocycles. The van der Waals surface area contributed by atoms with E-state index >= 15 is 0 Å². The van der Waals surface area contributed by atoms with E-state index in [1.165, 1.54) is 23.6 Å². The number of ketones is 1. The Morgan fingerprint density at radius 1 is 1.25 bits per heavy atom. The van der Waals surface area contributed by atoms with Crippen LogP contribution in [0.1, 0.15) is 10.4 Å².